The topological polar surface area (TPSA) is 35.6 Å². The van der Waals surface area contributed by atoms with E-state index in [0.717, 1.165) is 19.6 Å². The highest BCUT2D eigenvalue weighted by Gasteiger charge is 2.38. The van der Waals surface area contributed by atoms with Crippen molar-refractivity contribution in [1.29, 1.82) is 0 Å². The molecule has 0 bridgehead atoms. The highest BCUT2D eigenvalue weighted by molar-refractivity contribution is 5.85. The van der Waals surface area contributed by atoms with E-state index in [9.17, 15) is 4.79 Å². The van der Waals surface area contributed by atoms with E-state index < -0.39 is 0 Å². The number of rotatable bonds is 4. The molecule has 3 fully saturated rings. The van der Waals surface area contributed by atoms with Crippen molar-refractivity contribution >= 4 is 18.3 Å². The van der Waals surface area contributed by atoms with Crippen LogP contribution in [0.5, 0.6) is 0 Å². The average Bonchev–Trinajstić information content (AvgIpc) is 3.07. The van der Waals surface area contributed by atoms with Gasteiger partial charge < -0.3 is 10.2 Å². The summed E-state index contributed by atoms with van der Waals surface area (Å²) < 4.78 is 0. The van der Waals surface area contributed by atoms with E-state index in [2.05, 4.69) is 22.0 Å². The lowest BCUT2D eigenvalue weighted by Crippen LogP contribution is -2.54. The van der Waals surface area contributed by atoms with Crippen molar-refractivity contribution in [2.75, 3.05) is 26.2 Å². The van der Waals surface area contributed by atoms with Crippen molar-refractivity contribution in [2.45, 2.75) is 63.6 Å². The molecule has 0 aromatic rings. The van der Waals surface area contributed by atoms with E-state index in [-0.39, 0.29) is 12.4 Å². The van der Waals surface area contributed by atoms with Gasteiger partial charge in [-0.25, -0.2) is 0 Å². The molecule has 0 radical (unpaired) electrons. The average molecular weight is 302 g/mol. The number of hydrogen-bond donors (Lipinski definition) is 1. The number of piperazine rings is 1. The molecule has 3 rings (SSSR count). The van der Waals surface area contributed by atoms with Crippen LogP contribution >= 0.6 is 12.4 Å². The number of amides is 1. The second-order valence-corrected chi connectivity index (χ2v) is 6.49. The highest BCUT2D eigenvalue weighted by atomic mass is 35.5. The van der Waals surface area contributed by atoms with Gasteiger partial charge in [0.15, 0.2) is 0 Å². The molecule has 2 aliphatic carbocycles. The molecule has 0 aromatic heterocycles. The zero-order valence-electron chi connectivity index (χ0n) is 12.5. The fraction of sp³-hybridized carbons (Fsp3) is 0.933. The Hall–Kier alpha value is -0.320. The number of hydrogen-bond acceptors (Lipinski definition) is 3. The van der Waals surface area contributed by atoms with Gasteiger partial charge in [0, 0.05) is 37.8 Å². The summed E-state index contributed by atoms with van der Waals surface area (Å²) in [4.78, 5) is 17.3. The standard InChI is InChI=1S/C15H27N3O.ClH/c1-12-10-16-8-9-17(12)11-15(19)18(14-6-7-14)13-4-2-3-5-13;/h12-14,16H,2-11H2,1H3;1H/t12-;/m1./s1. The van der Waals surface area contributed by atoms with Crippen LogP contribution in [0.4, 0.5) is 0 Å². The van der Waals surface area contributed by atoms with Gasteiger partial charge in [-0.05, 0) is 32.6 Å². The lowest BCUT2D eigenvalue weighted by atomic mass is 10.1. The first-order valence-electron chi connectivity index (χ1n) is 8.01. The number of nitrogens with one attached hydrogen (secondary N) is 1. The molecule has 1 heterocycles. The number of nitrogens with zero attached hydrogens (tertiary/aromatic N) is 2. The molecular formula is C15H28ClN3O. The molecule has 116 valence electrons. The minimum atomic E-state index is 0. The SMILES string of the molecule is C[C@@H]1CNCCN1CC(=O)N(C1CCCC1)C1CC1.Cl. The van der Waals surface area contributed by atoms with Crippen LogP contribution in [0.3, 0.4) is 0 Å². The van der Waals surface area contributed by atoms with Crippen molar-refractivity contribution < 1.29 is 4.79 Å². The second kappa shape index (κ2) is 7.10. The van der Waals surface area contributed by atoms with Crippen molar-refractivity contribution in [3.63, 3.8) is 0 Å². The predicted molar refractivity (Wildman–Crippen MR) is 83.3 cm³/mol. The first kappa shape index (κ1) is 16.1. The summed E-state index contributed by atoms with van der Waals surface area (Å²) in [6.07, 6.45) is 7.56. The van der Waals surface area contributed by atoms with Crippen LogP contribution < -0.4 is 5.32 Å². The van der Waals surface area contributed by atoms with Gasteiger partial charge >= 0.3 is 0 Å². The smallest absolute Gasteiger partial charge is 0.237 e. The Labute approximate surface area is 128 Å². The highest BCUT2D eigenvalue weighted by Crippen LogP contribution is 2.34. The molecular weight excluding hydrogens is 274 g/mol. The molecule has 1 amide bonds. The summed E-state index contributed by atoms with van der Waals surface area (Å²) in [6.45, 7) is 5.90. The summed E-state index contributed by atoms with van der Waals surface area (Å²) in [6, 6.07) is 1.62. The number of halogens is 1. The van der Waals surface area contributed by atoms with Gasteiger partial charge in [-0.2, -0.15) is 0 Å². The van der Waals surface area contributed by atoms with Gasteiger partial charge in [-0.1, -0.05) is 12.8 Å². The summed E-state index contributed by atoms with van der Waals surface area (Å²) in [5, 5.41) is 3.39. The van der Waals surface area contributed by atoms with E-state index in [1.807, 2.05) is 0 Å². The Morgan fingerprint density at radius 1 is 1.20 bits per heavy atom. The third kappa shape index (κ3) is 3.66. The van der Waals surface area contributed by atoms with Crippen LogP contribution in [0.2, 0.25) is 0 Å². The third-order valence-electron chi connectivity index (χ3n) is 4.92. The maximum Gasteiger partial charge on any atom is 0.237 e. The van der Waals surface area contributed by atoms with Crippen LogP contribution in [0, 0.1) is 0 Å². The number of carbonyl (C=O) groups is 1. The van der Waals surface area contributed by atoms with Crippen LogP contribution in [0.1, 0.15) is 45.4 Å². The van der Waals surface area contributed by atoms with Gasteiger partial charge in [0.1, 0.15) is 0 Å². The van der Waals surface area contributed by atoms with Gasteiger partial charge in [-0.3, -0.25) is 9.69 Å². The molecule has 2 saturated carbocycles. The summed E-state index contributed by atoms with van der Waals surface area (Å²) in [5.74, 6) is 0.392. The maximum atomic E-state index is 12.7. The van der Waals surface area contributed by atoms with Crippen molar-refractivity contribution in [3.05, 3.63) is 0 Å². The largest absolute Gasteiger partial charge is 0.336 e. The number of carbonyl (C=O) groups excluding carboxylic acids is 1. The van der Waals surface area contributed by atoms with E-state index >= 15 is 0 Å². The molecule has 1 aliphatic heterocycles. The van der Waals surface area contributed by atoms with Crippen molar-refractivity contribution in [3.8, 4) is 0 Å². The summed E-state index contributed by atoms with van der Waals surface area (Å²) in [7, 11) is 0. The first-order chi connectivity index (χ1) is 9.25. The van der Waals surface area contributed by atoms with Gasteiger partial charge in [-0.15, -0.1) is 12.4 Å². The predicted octanol–water partition coefficient (Wildman–Crippen LogP) is 1.64. The molecule has 1 saturated heterocycles. The van der Waals surface area contributed by atoms with E-state index in [4.69, 9.17) is 0 Å². The molecule has 3 aliphatic rings. The van der Waals surface area contributed by atoms with E-state index in [1.54, 1.807) is 0 Å². The van der Waals surface area contributed by atoms with E-state index in [1.165, 1.54) is 38.5 Å². The molecule has 0 aromatic carbocycles. The molecule has 1 atom stereocenters. The molecule has 4 nitrogen and oxygen atoms in total. The zero-order chi connectivity index (χ0) is 13.2. The quantitative estimate of drug-likeness (QED) is 0.857. The van der Waals surface area contributed by atoms with Gasteiger partial charge in [0.25, 0.3) is 0 Å². The Kier molecular flexibility index (Phi) is 5.70. The third-order valence-corrected chi connectivity index (χ3v) is 4.92. The van der Waals surface area contributed by atoms with Crippen LogP contribution in [-0.2, 0) is 4.79 Å². The molecule has 5 heteroatoms. The maximum absolute atomic E-state index is 12.7. The van der Waals surface area contributed by atoms with Crippen LogP contribution in [-0.4, -0.2) is 60.0 Å². The fourth-order valence-corrected chi connectivity index (χ4v) is 3.61. The Morgan fingerprint density at radius 2 is 1.85 bits per heavy atom. The molecule has 1 N–H and O–H groups in total. The van der Waals surface area contributed by atoms with Crippen LogP contribution in [0.15, 0.2) is 0 Å². The van der Waals surface area contributed by atoms with Crippen molar-refractivity contribution in [1.82, 2.24) is 15.1 Å². The normalized spacial score (nSPS) is 28.1. The second-order valence-electron chi connectivity index (χ2n) is 6.49. The molecule has 0 unspecified atom stereocenters. The van der Waals surface area contributed by atoms with Crippen molar-refractivity contribution in [2.24, 2.45) is 0 Å². The minimum absolute atomic E-state index is 0. The Morgan fingerprint density at radius 3 is 2.45 bits per heavy atom. The molecule has 20 heavy (non-hydrogen) atoms. The Bertz CT molecular complexity index is 329. The summed E-state index contributed by atoms with van der Waals surface area (Å²) in [5.41, 5.74) is 0. The lowest BCUT2D eigenvalue weighted by Gasteiger charge is -2.36. The summed E-state index contributed by atoms with van der Waals surface area (Å²) >= 11 is 0. The minimum Gasteiger partial charge on any atom is -0.336 e. The van der Waals surface area contributed by atoms with E-state index in [0.29, 0.717) is 30.6 Å². The van der Waals surface area contributed by atoms with Gasteiger partial charge in [0.05, 0.1) is 6.54 Å². The lowest BCUT2D eigenvalue weighted by molar-refractivity contribution is -0.136. The van der Waals surface area contributed by atoms with Crippen LogP contribution in [0.25, 0.3) is 0 Å². The first-order valence-corrected chi connectivity index (χ1v) is 8.01. The monoisotopic (exact) mass is 301 g/mol. The zero-order valence-corrected chi connectivity index (χ0v) is 13.3. The Balaban J connectivity index is 0.00000147. The molecule has 0 spiro atoms. The fourth-order valence-electron chi connectivity index (χ4n) is 3.61. The van der Waals surface area contributed by atoms with Gasteiger partial charge in [0.2, 0.25) is 5.91 Å².